The van der Waals surface area contributed by atoms with E-state index in [1.807, 2.05) is 0 Å². The SMILES string of the molecule is CCCCCCCc1ncc(S)[nH]1. The first-order chi connectivity index (χ1) is 6.33. The summed E-state index contributed by atoms with van der Waals surface area (Å²) < 4.78 is 0. The number of aromatic nitrogens is 2. The molecule has 0 amide bonds. The molecule has 0 fully saturated rings. The molecule has 0 saturated carbocycles. The Morgan fingerprint density at radius 3 is 2.69 bits per heavy atom. The minimum atomic E-state index is 0.864. The lowest BCUT2D eigenvalue weighted by molar-refractivity contribution is 0.624. The number of imidazole rings is 1. The molecule has 1 heterocycles. The fraction of sp³-hybridized carbons (Fsp3) is 0.700. The summed E-state index contributed by atoms with van der Waals surface area (Å²) in [7, 11) is 0. The smallest absolute Gasteiger partial charge is 0.106 e. The first-order valence-electron chi connectivity index (χ1n) is 5.05. The summed E-state index contributed by atoms with van der Waals surface area (Å²) in [4.78, 5) is 7.32. The van der Waals surface area contributed by atoms with Crippen LogP contribution < -0.4 is 0 Å². The number of unbranched alkanes of at least 4 members (excludes halogenated alkanes) is 4. The number of rotatable bonds is 6. The summed E-state index contributed by atoms with van der Waals surface area (Å²) in [5, 5.41) is 0.864. The zero-order valence-electron chi connectivity index (χ0n) is 8.21. The van der Waals surface area contributed by atoms with Gasteiger partial charge < -0.3 is 4.98 Å². The zero-order chi connectivity index (χ0) is 9.52. The highest BCUT2D eigenvalue weighted by molar-refractivity contribution is 7.80. The molecule has 3 heteroatoms. The van der Waals surface area contributed by atoms with Crippen LogP contribution in [0.3, 0.4) is 0 Å². The minimum absolute atomic E-state index is 0.864. The average Bonchev–Trinajstić information content (AvgIpc) is 2.51. The first kappa shape index (κ1) is 10.6. The predicted molar refractivity (Wildman–Crippen MR) is 58.3 cm³/mol. The summed E-state index contributed by atoms with van der Waals surface area (Å²) in [6, 6.07) is 0. The third-order valence-electron chi connectivity index (χ3n) is 2.13. The Balaban J connectivity index is 2.06. The van der Waals surface area contributed by atoms with E-state index in [9.17, 15) is 0 Å². The molecule has 0 aliphatic heterocycles. The Kier molecular flexibility index (Phi) is 4.98. The van der Waals surface area contributed by atoms with Crippen molar-refractivity contribution in [1.29, 1.82) is 0 Å². The molecule has 0 unspecified atom stereocenters. The molecule has 0 radical (unpaired) electrons. The topological polar surface area (TPSA) is 28.7 Å². The van der Waals surface area contributed by atoms with Crippen LogP contribution in [-0.2, 0) is 6.42 Å². The molecular weight excluding hydrogens is 180 g/mol. The molecule has 1 aromatic heterocycles. The molecular formula is C10H18N2S. The summed E-state index contributed by atoms with van der Waals surface area (Å²) in [6.07, 6.45) is 9.40. The van der Waals surface area contributed by atoms with Crippen molar-refractivity contribution in [3.63, 3.8) is 0 Å². The third-order valence-corrected chi connectivity index (χ3v) is 2.36. The second-order valence-corrected chi connectivity index (χ2v) is 3.86. The maximum absolute atomic E-state index is 4.20. The van der Waals surface area contributed by atoms with Crippen LogP contribution in [0.25, 0.3) is 0 Å². The van der Waals surface area contributed by atoms with Gasteiger partial charge in [0.15, 0.2) is 0 Å². The number of aryl methyl sites for hydroxylation is 1. The van der Waals surface area contributed by atoms with Gasteiger partial charge in [-0.3, -0.25) is 0 Å². The molecule has 1 N–H and O–H groups in total. The highest BCUT2D eigenvalue weighted by Crippen LogP contribution is 2.07. The van der Waals surface area contributed by atoms with Crippen molar-refractivity contribution in [2.75, 3.05) is 0 Å². The lowest BCUT2D eigenvalue weighted by Crippen LogP contribution is -1.88. The molecule has 13 heavy (non-hydrogen) atoms. The fourth-order valence-corrected chi connectivity index (χ4v) is 1.56. The van der Waals surface area contributed by atoms with Crippen LogP contribution in [-0.4, -0.2) is 9.97 Å². The van der Waals surface area contributed by atoms with Crippen LogP contribution in [0.1, 0.15) is 44.9 Å². The average molecular weight is 198 g/mol. The number of nitrogens with zero attached hydrogens (tertiary/aromatic N) is 1. The van der Waals surface area contributed by atoms with Crippen molar-refractivity contribution in [2.24, 2.45) is 0 Å². The highest BCUT2D eigenvalue weighted by Gasteiger charge is 1.96. The Morgan fingerprint density at radius 1 is 1.31 bits per heavy atom. The van der Waals surface area contributed by atoms with E-state index >= 15 is 0 Å². The Labute approximate surface area is 85.6 Å². The van der Waals surface area contributed by atoms with Crippen molar-refractivity contribution in [1.82, 2.24) is 9.97 Å². The molecule has 0 bridgehead atoms. The quantitative estimate of drug-likeness (QED) is 0.533. The number of hydrogen-bond acceptors (Lipinski definition) is 2. The van der Waals surface area contributed by atoms with Crippen molar-refractivity contribution >= 4 is 12.6 Å². The van der Waals surface area contributed by atoms with Gasteiger partial charge in [-0.15, -0.1) is 12.6 Å². The molecule has 1 rings (SSSR count). The number of aromatic amines is 1. The van der Waals surface area contributed by atoms with Gasteiger partial charge in [0.05, 0.1) is 11.2 Å². The van der Waals surface area contributed by atoms with Crippen LogP contribution in [0, 0.1) is 0 Å². The van der Waals surface area contributed by atoms with Gasteiger partial charge in [0, 0.05) is 6.42 Å². The molecule has 0 saturated heterocycles. The molecule has 0 aliphatic carbocycles. The number of thiol groups is 1. The van der Waals surface area contributed by atoms with Gasteiger partial charge in [-0.1, -0.05) is 32.6 Å². The van der Waals surface area contributed by atoms with E-state index in [0.29, 0.717) is 0 Å². The second-order valence-electron chi connectivity index (χ2n) is 3.38. The van der Waals surface area contributed by atoms with E-state index in [4.69, 9.17) is 0 Å². The van der Waals surface area contributed by atoms with E-state index in [0.717, 1.165) is 17.3 Å². The van der Waals surface area contributed by atoms with Crippen molar-refractivity contribution in [2.45, 2.75) is 50.5 Å². The molecule has 0 aliphatic rings. The van der Waals surface area contributed by atoms with Gasteiger partial charge in [0.2, 0.25) is 0 Å². The summed E-state index contributed by atoms with van der Waals surface area (Å²) in [5.41, 5.74) is 0. The maximum Gasteiger partial charge on any atom is 0.106 e. The third kappa shape index (κ3) is 4.36. The van der Waals surface area contributed by atoms with Crippen LogP contribution in [0.2, 0.25) is 0 Å². The van der Waals surface area contributed by atoms with Crippen LogP contribution >= 0.6 is 12.6 Å². The van der Waals surface area contributed by atoms with Gasteiger partial charge in [0.1, 0.15) is 5.82 Å². The summed E-state index contributed by atoms with van der Waals surface area (Å²) in [6.45, 7) is 2.24. The van der Waals surface area contributed by atoms with Crippen molar-refractivity contribution in [3.05, 3.63) is 12.0 Å². The van der Waals surface area contributed by atoms with Crippen LogP contribution in [0.5, 0.6) is 0 Å². The highest BCUT2D eigenvalue weighted by atomic mass is 32.1. The van der Waals surface area contributed by atoms with Gasteiger partial charge in [-0.05, 0) is 6.42 Å². The van der Waals surface area contributed by atoms with Crippen molar-refractivity contribution < 1.29 is 0 Å². The van der Waals surface area contributed by atoms with E-state index in [1.165, 1.54) is 32.1 Å². The minimum Gasteiger partial charge on any atom is -0.337 e. The van der Waals surface area contributed by atoms with Gasteiger partial charge in [0.25, 0.3) is 0 Å². The standard InChI is InChI=1S/C10H18N2S/c1-2-3-4-5-6-7-9-11-8-10(13)12-9/h8,13H,2-7H2,1H3,(H,11,12). The molecule has 0 aromatic carbocycles. The molecule has 74 valence electrons. The summed E-state index contributed by atoms with van der Waals surface area (Å²) >= 11 is 4.17. The predicted octanol–water partition coefficient (Wildman–Crippen LogP) is 3.21. The monoisotopic (exact) mass is 198 g/mol. The largest absolute Gasteiger partial charge is 0.337 e. The zero-order valence-corrected chi connectivity index (χ0v) is 9.11. The molecule has 0 atom stereocenters. The van der Waals surface area contributed by atoms with E-state index in [1.54, 1.807) is 6.20 Å². The van der Waals surface area contributed by atoms with E-state index in [2.05, 4.69) is 29.5 Å². The first-order valence-corrected chi connectivity index (χ1v) is 5.50. The second kappa shape index (κ2) is 6.08. The van der Waals surface area contributed by atoms with Crippen molar-refractivity contribution in [3.8, 4) is 0 Å². The van der Waals surface area contributed by atoms with Crippen LogP contribution in [0.15, 0.2) is 11.2 Å². The van der Waals surface area contributed by atoms with Gasteiger partial charge in [-0.25, -0.2) is 4.98 Å². The Morgan fingerprint density at radius 2 is 2.08 bits per heavy atom. The maximum atomic E-state index is 4.20. The lowest BCUT2D eigenvalue weighted by Gasteiger charge is -1.97. The normalized spacial score (nSPS) is 10.6. The van der Waals surface area contributed by atoms with Gasteiger partial charge >= 0.3 is 0 Å². The van der Waals surface area contributed by atoms with E-state index < -0.39 is 0 Å². The summed E-state index contributed by atoms with van der Waals surface area (Å²) in [5.74, 6) is 1.07. The lowest BCUT2D eigenvalue weighted by atomic mass is 10.1. The number of H-pyrrole nitrogens is 1. The van der Waals surface area contributed by atoms with Crippen LogP contribution in [0.4, 0.5) is 0 Å². The fourth-order valence-electron chi connectivity index (χ4n) is 1.37. The molecule has 2 nitrogen and oxygen atoms in total. The Hall–Kier alpha value is -0.440. The Bertz CT molecular complexity index is 233. The molecule has 0 spiro atoms. The number of nitrogens with one attached hydrogen (secondary N) is 1. The number of hydrogen-bond donors (Lipinski definition) is 2. The van der Waals surface area contributed by atoms with E-state index in [-0.39, 0.29) is 0 Å². The molecule has 1 aromatic rings. The van der Waals surface area contributed by atoms with Gasteiger partial charge in [-0.2, -0.15) is 0 Å².